The van der Waals surface area contributed by atoms with Crippen molar-refractivity contribution in [2.45, 2.75) is 32.5 Å². The number of likely N-dealkylation sites (N-methyl/N-ethyl adjacent to an activating group) is 1. The fourth-order valence-electron chi connectivity index (χ4n) is 2.83. The zero-order valence-electron chi connectivity index (χ0n) is 19.2. The monoisotopic (exact) mass is 443 g/mol. The van der Waals surface area contributed by atoms with Crippen molar-refractivity contribution >= 4 is 17.8 Å². The Morgan fingerprint density at radius 2 is 1.50 bits per heavy atom. The lowest BCUT2D eigenvalue weighted by Gasteiger charge is -2.24. The van der Waals surface area contributed by atoms with Gasteiger partial charge < -0.3 is 23.8 Å². The number of rotatable bonds is 8. The highest BCUT2D eigenvalue weighted by Gasteiger charge is 2.30. The van der Waals surface area contributed by atoms with Gasteiger partial charge in [-0.15, -0.1) is 0 Å². The largest absolute Gasteiger partial charge is 0.497 e. The maximum Gasteiger partial charge on any atom is 0.411 e. The van der Waals surface area contributed by atoms with Crippen LogP contribution in [0, 0.1) is 0 Å². The second-order valence-electron chi connectivity index (χ2n) is 8.08. The van der Waals surface area contributed by atoms with Crippen LogP contribution in [-0.4, -0.2) is 56.2 Å². The van der Waals surface area contributed by atoms with E-state index in [9.17, 15) is 14.4 Å². The van der Waals surface area contributed by atoms with Crippen LogP contribution in [0.2, 0.25) is 0 Å². The van der Waals surface area contributed by atoms with Crippen LogP contribution in [-0.2, 0) is 14.3 Å². The van der Waals surface area contributed by atoms with Crippen molar-refractivity contribution in [3.05, 3.63) is 59.7 Å². The molecule has 0 aliphatic carbocycles. The summed E-state index contributed by atoms with van der Waals surface area (Å²) in [7, 11) is 4.35. The molecule has 8 heteroatoms. The first-order valence-corrected chi connectivity index (χ1v) is 10.00. The van der Waals surface area contributed by atoms with Crippen LogP contribution in [0.15, 0.2) is 48.5 Å². The van der Waals surface area contributed by atoms with Gasteiger partial charge in [-0.2, -0.15) is 0 Å². The van der Waals surface area contributed by atoms with E-state index >= 15 is 0 Å². The molecular weight excluding hydrogens is 414 g/mol. The van der Waals surface area contributed by atoms with Crippen molar-refractivity contribution < 1.29 is 33.3 Å². The third kappa shape index (κ3) is 7.01. The van der Waals surface area contributed by atoms with E-state index in [-0.39, 0.29) is 6.54 Å². The molecule has 1 atom stereocenters. The van der Waals surface area contributed by atoms with Crippen LogP contribution in [0.1, 0.15) is 42.8 Å². The summed E-state index contributed by atoms with van der Waals surface area (Å²) < 4.78 is 21.4. The average molecular weight is 443 g/mol. The normalized spacial score (nSPS) is 11.8. The Morgan fingerprint density at radius 1 is 0.938 bits per heavy atom. The molecule has 2 aromatic rings. The Morgan fingerprint density at radius 3 is 2.00 bits per heavy atom. The van der Waals surface area contributed by atoms with E-state index in [0.29, 0.717) is 22.6 Å². The highest BCUT2D eigenvalue weighted by Crippen LogP contribution is 2.31. The van der Waals surface area contributed by atoms with E-state index in [0.717, 1.165) is 4.90 Å². The van der Waals surface area contributed by atoms with Crippen LogP contribution in [0.25, 0.3) is 0 Å². The first kappa shape index (κ1) is 24.7. The molecule has 0 aliphatic rings. The molecule has 0 radical (unpaired) electrons. The minimum absolute atomic E-state index is 0.330. The maximum absolute atomic E-state index is 13.2. The Balaban J connectivity index is 2.32. The predicted octanol–water partition coefficient (Wildman–Crippen LogP) is 4.04. The molecular formula is C24H29NO7. The fourth-order valence-corrected chi connectivity index (χ4v) is 2.83. The van der Waals surface area contributed by atoms with Crippen molar-refractivity contribution in [3.8, 4) is 11.5 Å². The average Bonchev–Trinajstić information content (AvgIpc) is 2.75. The molecule has 0 spiro atoms. The number of methoxy groups -OCH3 is 2. The van der Waals surface area contributed by atoms with Gasteiger partial charge in [0.15, 0.2) is 6.10 Å². The molecule has 32 heavy (non-hydrogen) atoms. The lowest BCUT2D eigenvalue weighted by molar-refractivity contribution is -0.155. The Hall–Kier alpha value is -3.55. The van der Waals surface area contributed by atoms with Crippen LogP contribution < -0.4 is 9.47 Å². The summed E-state index contributed by atoms with van der Waals surface area (Å²) in [4.78, 5) is 39.1. The predicted molar refractivity (Wildman–Crippen MR) is 118 cm³/mol. The number of hydrogen-bond donors (Lipinski definition) is 0. The van der Waals surface area contributed by atoms with E-state index in [1.54, 1.807) is 69.3 Å². The smallest absolute Gasteiger partial charge is 0.411 e. The summed E-state index contributed by atoms with van der Waals surface area (Å²) in [6.07, 6.45) is -2.14. The number of ether oxygens (including phenoxy) is 4. The number of nitrogens with zero attached hydrogens (tertiary/aromatic N) is 1. The topological polar surface area (TPSA) is 91.4 Å². The molecule has 0 N–H and O–H groups in total. The van der Waals surface area contributed by atoms with Gasteiger partial charge in [0.1, 0.15) is 23.6 Å². The van der Waals surface area contributed by atoms with Gasteiger partial charge in [0.05, 0.1) is 14.2 Å². The lowest BCUT2D eigenvalue weighted by Crippen LogP contribution is -2.37. The Bertz CT molecular complexity index is 928. The minimum Gasteiger partial charge on any atom is -0.497 e. The highest BCUT2D eigenvalue weighted by atomic mass is 16.6. The summed E-state index contributed by atoms with van der Waals surface area (Å²) in [6, 6.07) is 13.3. The Kier molecular flexibility index (Phi) is 8.23. The number of esters is 1. The van der Waals surface area contributed by atoms with Gasteiger partial charge in [-0.25, -0.2) is 4.79 Å². The van der Waals surface area contributed by atoms with Gasteiger partial charge in [-0.1, -0.05) is 30.3 Å². The number of amides is 1. The molecule has 1 unspecified atom stereocenters. The van der Waals surface area contributed by atoms with Crippen molar-refractivity contribution in [2.24, 2.45) is 0 Å². The molecule has 0 saturated heterocycles. The van der Waals surface area contributed by atoms with Gasteiger partial charge in [0, 0.05) is 24.2 Å². The van der Waals surface area contributed by atoms with E-state index in [4.69, 9.17) is 18.9 Å². The molecule has 8 nitrogen and oxygen atoms in total. The van der Waals surface area contributed by atoms with E-state index in [2.05, 4.69) is 0 Å². The summed E-state index contributed by atoms with van der Waals surface area (Å²) in [5.41, 5.74) is 0.0427. The SMILES string of the molecule is COc1cc(OC)cc(C(OC(=O)N(C)CC(=O)OC(C)(C)C)C(=O)c2ccccc2)c1. The van der Waals surface area contributed by atoms with E-state index in [1.807, 2.05) is 0 Å². The number of ketones is 1. The van der Waals surface area contributed by atoms with Crippen LogP contribution >= 0.6 is 0 Å². The molecule has 2 rings (SSSR count). The minimum atomic E-state index is -1.28. The van der Waals surface area contributed by atoms with Crippen molar-refractivity contribution in [3.63, 3.8) is 0 Å². The second-order valence-corrected chi connectivity index (χ2v) is 8.08. The number of carbonyl (C=O) groups is 3. The van der Waals surface area contributed by atoms with E-state index < -0.39 is 29.6 Å². The number of Topliss-reactive ketones (excluding diaryl/α,β-unsaturated/α-hetero) is 1. The standard InChI is InChI=1S/C24H29NO7/c1-24(2,3)32-20(26)15-25(4)23(28)31-22(21(27)16-10-8-7-9-11-16)17-12-18(29-5)14-19(13-17)30-6/h7-14,22H,15H2,1-6H3. The molecule has 172 valence electrons. The third-order valence-corrected chi connectivity index (χ3v) is 4.29. The van der Waals surface area contributed by atoms with Gasteiger partial charge in [0.2, 0.25) is 5.78 Å². The third-order valence-electron chi connectivity index (χ3n) is 4.29. The Labute approximate surface area is 188 Å². The molecule has 0 aromatic heterocycles. The summed E-state index contributed by atoms with van der Waals surface area (Å²) >= 11 is 0. The fraction of sp³-hybridized carbons (Fsp3) is 0.375. The van der Waals surface area contributed by atoms with Gasteiger partial charge in [-0.3, -0.25) is 9.59 Å². The summed E-state index contributed by atoms with van der Waals surface area (Å²) in [5, 5.41) is 0. The summed E-state index contributed by atoms with van der Waals surface area (Å²) in [6.45, 7) is 4.86. The number of benzene rings is 2. The molecule has 0 aliphatic heterocycles. The highest BCUT2D eigenvalue weighted by molar-refractivity contribution is 6.01. The summed E-state index contributed by atoms with van der Waals surface area (Å²) in [5.74, 6) is -0.155. The van der Waals surface area contributed by atoms with E-state index in [1.165, 1.54) is 21.3 Å². The quantitative estimate of drug-likeness (QED) is 0.449. The maximum atomic E-state index is 13.2. The van der Waals surface area contributed by atoms with Gasteiger partial charge >= 0.3 is 12.1 Å². The zero-order valence-corrected chi connectivity index (χ0v) is 19.2. The molecule has 0 fully saturated rings. The number of carbonyl (C=O) groups excluding carboxylic acids is 3. The van der Waals surface area contributed by atoms with Crippen LogP contribution in [0.4, 0.5) is 4.79 Å². The molecule has 2 aromatic carbocycles. The lowest BCUT2D eigenvalue weighted by atomic mass is 9.99. The molecule has 0 heterocycles. The zero-order chi connectivity index (χ0) is 23.9. The number of hydrogen-bond acceptors (Lipinski definition) is 7. The first-order valence-electron chi connectivity index (χ1n) is 10.00. The molecule has 0 saturated carbocycles. The first-order chi connectivity index (χ1) is 15.0. The van der Waals surface area contributed by atoms with Crippen LogP contribution in [0.3, 0.4) is 0 Å². The van der Waals surface area contributed by atoms with Gasteiger partial charge in [0.25, 0.3) is 0 Å². The molecule has 1 amide bonds. The van der Waals surface area contributed by atoms with Crippen molar-refractivity contribution in [2.75, 3.05) is 27.8 Å². The van der Waals surface area contributed by atoms with Crippen molar-refractivity contribution in [1.29, 1.82) is 0 Å². The van der Waals surface area contributed by atoms with Crippen molar-refractivity contribution in [1.82, 2.24) is 4.90 Å². The van der Waals surface area contributed by atoms with Crippen LogP contribution in [0.5, 0.6) is 11.5 Å². The molecule has 0 bridgehead atoms. The second kappa shape index (κ2) is 10.7. The van der Waals surface area contributed by atoms with Gasteiger partial charge in [-0.05, 0) is 32.9 Å².